The highest BCUT2D eigenvalue weighted by Gasteiger charge is 2.25. The summed E-state index contributed by atoms with van der Waals surface area (Å²) in [6.07, 6.45) is 0.289. The van der Waals surface area contributed by atoms with Gasteiger partial charge in [0.15, 0.2) is 5.82 Å². The van der Waals surface area contributed by atoms with Crippen LogP contribution >= 0.6 is 0 Å². The van der Waals surface area contributed by atoms with Crippen LogP contribution in [0.3, 0.4) is 0 Å². The molecular weight excluding hydrogens is 314 g/mol. The third-order valence-corrected chi connectivity index (χ3v) is 4.45. The van der Waals surface area contributed by atoms with Gasteiger partial charge in [-0.2, -0.15) is 0 Å². The van der Waals surface area contributed by atoms with E-state index in [-0.39, 0.29) is 18.0 Å². The second kappa shape index (κ2) is 6.33. The molecule has 1 fully saturated rings. The fraction of sp³-hybridized carbons (Fsp3) is 0.300. The minimum Gasteiger partial charge on any atom is -0.507 e. The predicted molar refractivity (Wildman–Crippen MR) is 98.9 cm³/mol. The SMILES string of the molecule is C[C@@H]1CN(c2nc(-c3ccccc3O)nc3ccccc23)C[C@@H](C)O1. The lowest BCUT2D eigenvalue weighted by Gasteiger charge is -2.36. The Balaban J connectivity index is 1.89. The van der Waals surface area contributed by atoms with Crippen molar-refractivity contribution in [2.24, 2.45) is 0 Å². The minimum atomic E-state index is 0.144. The summed E-state index contributed by atoms with van der Waals surface area (Å²) in [4.78, 5) is 11.8. The molecule has 1 saturated heterocycles. The fourth-order valence-corrected chi connectivity index (χ4v) is 3.43. The number of anilines is 1. The first-order chi connectivity index (χ1) is 12.1. The number of aromatic hydroxyl groups is 1. The summed E-state index contributed by atoms with van der Waals surface area (Å²) in [6.45, 7) is 5.73. The van der Waals surface area contributed by atoms with E-state index in [9.17, 15) is 5.11 Å². The van der Waals surface area contributed by atoms with Gasteiger partial charge >= 0.3 is 0 Å². The fourth-order valence-electron chi connectivity index (χ4n) is 3.43. The normalized spacial score (nSPS) is 20.8. The average molecular weight is 335 g/mol. The molecule has 0 spiro atoms. The number of fused-ring (bicyclic) bond motifs is 1. The van der Waals surface area contributed by atoms with E-state index in [1.807, 2.05) is 36.4 Å². The van der Waals surface area contributed by atoms with Gasteiger partial charge in [0, 0.05) is 18.5 Å². The number of benzene rings is 2. The Kier molecular flexibility index (Phi) is 4.01. The molecule has 5 heteroatoms. The third-order valence-electron chi connectivity index (χ3n) is 4.45. The van der Waals surface area contributed by atoms with Gasteiger partial charge < -0.3 is 14.7 Å². The average Bonchev–Trinajstić information content (AvgIpc) is 2.60. The van der Waals surface area contributed by atoms with E-state index in [2.05, 4.69) is 23.7 Å². The molecule has 1 aliphatic heterocycles. The molecule has 1 aromatic heterocycles. The zero-order valence-corrected chi connectivity index (χ0v) is 14.4. The summed E-state index contributed by atoms with van der Waals surface area (Å²) in [5.74, 6) is 1.62. The second-order valence-electron chi connectivity index (χ2n) is 6.57. The topological polar surface area (TPSA) is 58.5 Å². The van der Waals surface area contributed by atoms with Crippen LogP contribution in [0.15, 0.2) is 48.5 Å². The molecule has 0 amide bonds. The van der Waals surface area contributed by atoms with Crippen molar-refractivity contribution in [2.75, 3.05) is 18.0 Å². The zero-order chi connectivity index (χ0) is 17.4. The lowest BCUT2D eigenvalue weighted by Crippen LogP contribution is -2.46. The van der Waals surface area contributed by atoms with Gasteiger partial charge in [0.1, 0.15) is 11.6 Å². The van der Waals surface area contributed by atoms with E-state index in [1.165, 1.54) is 0 Å². The van der Waals surface area contributed by atoms with Crippen LogP contribution in [-0.4, -0.2) is 40.4 Å². The molecule has 2 atom stereocenters. The number of ether oxygens (including phenoxy) is 1. The molecule has 4 rings (SSSR count). The molecule has 0 saturated carbocycles. The number of aromatic nitrogens is 2. The van der Waals surface area contributed by atoms with Crippen molar-refractivity contribution < 1.29 is 9.84 Å². The molecule has 0 aliphatic carbocycles. The van der Waals surface area contributed by atoms with Crippen molar-refractivity contribution >= 4 is 16.7 Å². The van der Waals surface area contributed by atoms with Crippen LogP contribution in [0.1, 0.15) is 13.8 Å². The number of morpholine rings is 1. The highest BCUT2D eigenvalue weighted by atomic mass is 16.5. The molecular formula is C20H21N3O2. The van der Waals surface area contributed by atoms with E-state index in [0.29, 0.717) is 11.4 Å². The molecule has 5 nitrogen and oxygen atoms in total. The van der Waals surface area contributed by atoms with Crippen molar-refractivity contribution in [3.8, 4) is 17.1 Å². The number of hydrogen-bond acceptors (Lipinski definition) is 5. The van der Waals surface area contributed by atoms with Crippen LogP contribution in [-0.2, 0) is 4.74 Å². The van der Waals surface area contributed by atoms with Gasteiger partial charge in [-0.1, -0.05) is 24.3 Å². The highest BCUT2D eigenvalue weighted by molar-refractivity contribution is 5.91. The molecule has 0 bridgehead atoms. The Bertz CT molecular complexity index is 902. The number of phenolic OH excluding ortho intramolecular Hbond substituents is 1. The number of hydrogen-bond donors (Lipinski definition) is 1. The molecule has 2 aromatic carbocycles. The van der Waals surface area contributed by atoms with Gasteiger partial charge in [0.25, 0.3) is 0 Å². The van der Waals surface area contributed by atoms with Crippen LogP contribution in [0.5, 0.6) is 5.75 Å². The first-order valence-electron chi connectivity index (χ1n) is 8.57. The number of rotatable bonds is 2. The standard InChI is InChI=1S/C20H21N3O2/c1-13-11-23(12-14(2)25-13)20-15-7-3-5-9-17(15)21-19(22-20)16-8-4-6-10-18(16)24/h3-10,13-14,24H,11-12H2,1-2H3/t13-,14-/m1/s1. The maximum absolute atomic E-state index is 10.2. The van der Waals surface area contributed by atoms with Gasteiger partial charge in [-0.15, -0.1) is 0 Å². The summed E-state index contributed by atoms with van der Waals surface area (Å²) in [5.41, 5.74) is 1.52. The van der Waals surface area contributed by atoms with E-state index in [0.717, 1.165) is 29.8 Å². The minimum absolute atomic E-state index is 0.144. The number of para-hydroxylation sites is 2. The Morgan fingerprint density at radius 3 is 2.40 bits per heavy atom. The first-order valence-corrected chi connectivity index (χ1v) is 8.57. The van der Waals surface area contributed by atoms with Crippen molar-refractivity contribution in [2.45, 2.75) is 26.1 Å². The second-order valence-corrected chi connectivity index (χ2v) is 6.57. The van der Waals surface area contributed by atoms with Crippen LogP contribution in [0.2, 0.25) is 0 Å². The Morgan fingerprint density at radius 2 is 1.64 bits per heavy atom. The molecule has 1 aliphatic rings. The van der Waals surface area contributed by atoms with Crippen molar-refractivity contribution in [1.29, 1.82) is 0 Å². The highest BCUT2D eigenvalue weighted by Crippen LogP contribution is 2.32. The molecule has 1 N–H and O–H groups in total. The summed E-state index contributed by atoms with van der Waals surface area (Å²) >= 11 is 0. The maximum atomic E-state index is 10.2. The quantitative estimate of drug-likeness (QED) is 0.775. The van der Waals surface area contributed by atoms with E-state index >= 15 is 0 Å². The van der Waals surface area contributed by atoms with Gasteiger partial charge in [-0.3, -0.25) is 0 Å². The lowest BCUT2D eigenvalue weighted by molar-refractivity contribution is -0.00536. The molecule has 128 valence electrons. The zero-order valence-electron chi connectivity index (χ0n) is 14.4. The van der Waals surface area contributed by atoms with Crippen LogP contribution in [0.4, 0.5) is 5.82 Å². The van der Waals surface area contributed by atoms with Gasteiger partial charge in [0.2, 0.25) is 0 Å². The van der Waals surface area contributed by atoms with E-state index in [4.69, 9.17) is 9.72 Å². The summed E-state index contributed by atoms with van der Waals surface area (Å²) < 4.78 is 5.86. The number of nitrogens with zero attached hydrogens (tertiary/aromatic N) is 3. The van der Waals surface area contributed by atoms with E-state index in [1.54, 1.807) is 12.1 Å². The Labute approximate surface area is 146 Å². The van der Waals surface area contributed by atoms with Gasteiger partial charge in [0.05, 0.1) is 23.3 Å². The third kappa shape index (κ3) is 3.03. The molecule has 0 unspecified atom stereocenters. The summed E-state index contributed by atoms with van der Waals surface area (Å²) in [7, 11) is 0. The predicted octanol–water partition coefficient (Wildman–Crippen LogP) is 3.62. The van der Waals surface area contributed by atoms with Crippen LogP contribution < -0.4 is 4.90 Å². The summed E-state index contributed by atoms with van der Waals surface area (Å²) in [5, 5.41) is 11.2. The van der Waals surface area contributed by atoms with Crippen molar-refractivity contribution in [3.63, 3.8) is 0 Å². The van der Waals surface area contributed by atoms with Crippen LogP contribution in [0.25, 0.3) is 22.3 Å². The van der Waals surface area contributed by atoms with Gasteiger partial charge in [-0.05, 0) is 38.1 Å². The largest absolute Gasteiger partial charge is 0.507 e. The lowest BCUT2D eigenvalue weighted by atomic mass is 10.1. The Hall–Kier alpha value is -2.66. The monoisotopic (exact) mass is 335 g/mol. The van der Waals surface area contributed by atoms with E-state index < -0.39 is 0 Å². The molecule has 25 heavy (non-hydrogen) atoms. The smallest absolute Gasteiger partial charge is 0.165 e. The van der Waals surface area contributed by atoms with Crippen molar-refractivity contribution in [1.82, 2.24) is 9.97 Å². The van der Waals surface area contributed by atoms with Crippen LogP contribution in [0, 0.1) is 0 Å². The first kappa shape index (κ1) is 15.8. The maximum Gasteiger partial charge on any atom is 0.165 e. The molecule has 0 radical (unpaired) electrons. The summed E-state index contributed by atoms with van der Waals surface area (Å²) in [6, 6.07) is 15.2. The number of phenols is 1. The van der Waals surface area contributed by atoms with Gasteiger partial charge in [-0.25, -0.2) is 9.97 Å². The van der Waals surface area contributed by atoms with Crippen molar-refractivity contribution in [3.05, 3.63) is 48.5 Å². The Morgan fingerprint density at radius 1 is 0.960 bits per heavy atom. The molecule has 3 aromatic rings. The molecule has 2 heterocycles.